The SMILES string of the molecule is COc1cc(Br)ccc1CCCNC(N)=O. The summed E-state index contributed by atoms with van der Waals surface area (Å²) in [5, 5.41) is 2.55. The molecular weight excluding hydrogens is 272 g/mol. The van der Waals surface area contributed by atoms with E-state index >= 15 is 0 Å². The molecule has 0 radical (unpaired) electrons. The van der Waals surface area contributed by atoms with Crippen molar-refractivity contribution in [2.24, 2.45) is 5.73 Å². The molecule has 88 valence electrons. The first-order valence-corrected chi connectivity index (χ1v) is 5.78. The lowest BCUT2D eigenvalue weighted by molar-refractivity contribution is 0.249. The molecule has 2 amide bonds. The first-order valence-electron chi connectivity index (χ1n) is 4.99. The van der Waals surface area contributed by atoms with Gasteiger partial charge >= 0.3 is 6.03 Å². The van der Waals surface area contributed by atoms with E-state index in [4.69, 9.17) is 10.5 Å². The van der Waals surface area contributed by atoms with Crippen molar-refractivity contribution >= 4 is 22.0 Å². The standard InChI is InChI=1S/C11H15BrN2O2/c1-16-10-7-9(12)5-4-8(10)3-2-6-14-11(13)15/h4-5,7H,2-3,6H2,1H3,(H3,13,14,15). The molecule has 0 fully saturated rings. The van der Waals surface area contributed by atoms with E-state index in [9.17, 15) is 4.79 Å². The van der Waals surface area contributed by atoms with Crippen LogP contribution in [0, 0.1) is 0 Å². The summed E-state index contributed by atoms with van der Waals surface area (Å²) >= 11 is 3.38. The van der Waals surface area contributed by atoms with E-state index in [1.54, 1.807) is 7.11 Å². The Morgan fingerprint density at radius 3 is 2.94 bits per heavy atom. The zero-order valence-corrected chi connectivity index (χ0v) is 10.7. The molecule has 1 rings (SSSR count). The van der Waals surface area contributed by atoms with Gasteiger partial charge in [-0.15, -0.1) is 0 Å². The number of carbonyl (C=O) groups excluding carboxylic acids is 1. The number of methoxy groups -OCH3 is 1. The van der Waals surface area contributed by atoms with Crippen molar-refractivity contribution < 1.29 is 9.53 Å². The molecule has 1 aromatic rings. The number of carbonyl (C=O) groups is 1. The summed E-state index contributed by atoms with van der Waals surface area (Å²) in [6.45, 7) is 0.578. The largest absolute Gasteiger partial charge is 0.496 e. The van der Waals surface area contributed by atoms with Crippen LogP contribution in [0.5, 0.6) is 5.75 Å². The Bertz CT molecular complexity index is 369. The highest BCUT2D eigenvalue weighted by atomic mass is 79.9. The number of rotatable bonds is 5. The maximum atomic E-state index is 10.5. The molecule has 0 saturated heterocycles. The summed E-state index contributed by atoms with van der Waals surface area (Å²) < 4.78 is 6.25. The Morgan fingerprint density at radius 1 is 1.56 bits per heavy atom. The highest BCUT2D eigenvalue weighted by molar-refractivity contribution is 9.10. The molecule has 0 spiro atoms. The van der Waals surface area contributed by atoms with Crippen LogP contribution >= 0.6 is 15.9 Å². The van der Waals surface area contributed by atoms with Crippen molar-refractivity contribution in [2.45, 2.75) is 12.8 Å². The van der Waals surface area contributed by atoms with E-state index < -0.39 is 6.03 Å². The molecule has 0 atom stereocenters. The fraction of sp³-hybridized carbons (Fsp3) is 0.364. The van der Waals surface area contributed by atoms with Gasteiger partial charge in [-0.25, -0.2) is 4.79 Å². The molecular formula is C11H15BrN2O2. The van der Waals surface area contributed by atoms with Gasteiger partial charge in [0.1, 0.15) is 5.75 Å². The number of urea groups is 1. The number of hydrogen-bond acceptors (Lipinski definition) is 2. The van der Waals surface area contributed by atoms with Crippen LogP contribution in [0.15, 0.2) is 22.7 Å². The summed E-state index contributed by atoms with van der Waals surface area (Å²) in [4.78, 5) is 10.5. The number of primary amides is 1. The lowest BCUT2D eigenvalue weighted by Gasteiger charge is -2.08. The minimum absolute atomic E-state index is 0.484. The van der Waals surface area contributed by atoms with E-state index in [2.05, 4.69) is 21.2 Å². The summed E-state index contributed by atoms with van der Waals surface area (Å²) in [5.74, 6) is 0.855. The van der Waals surface area contributed by atoms with Crippen molar-refractivity contribution in [1.82, 2.24) is 5.32 Å². The average Bonchev–Trinajstić information content (AvgIpc) is 2.25. The lowest BCUT2D eigenvalue weighted by atomic mass is 10.1. The van der Waals surface area contributed by atoms with Gasteiger partial charge in [0, 0.05) is 11.0 Å². The Labute approximate surface area is 103 Å². The van der Waals surface area contributed by atoms with Gasteiger partial charge in [-0.05, 0) is 30.5 Å². The van der Waals surface area contributed by atoms with Crippen LogP contribution in [0.1, 0.15) is 12.0 Å². The fourth-order valence-corrected chi connectivity index (χ4v) is 1.76. The van der Waals surface area contributed by atoms with Crippen LogP contribution in [0.4, 0.5) is 4.79 Å². The third-order valence-electron chi connectivity index (χ3n) is 2.17. The number of aryl methyl sites for hydroxylation is 1. The molecule has 0 aliphatic heterocycles. The number of ether oxygens (including phenoxy) is 1. The van der Waals surface area contributed by atoms with Crippen LogP contribution in [0.2, 0.25) is 0 Å². The number of nitrogens with two attached hydrogens (primary N) is 1. The Kier molecular flexibility index (Phi) is 5.11. The van der Waals surface area contributed by atoms with E-state index in [-0.39, 0.29) is 0 Å². The van der Waals surface area contributed by atoms with Gasteiger partial charge in [0.2, 0.25) is 0 Å². The smallest absolute Gasteiger partial charge is 0.312 e. The van der Waals surface area contributed by atoms with Crippen LogP contribution in [-0.2, 0) is 6.42 Å². The summed E-state index contributed by atoms with van der Waals surface area (Å²) in [5.41, 5.74) is 6.09. The van der Waals surface area contributed by atoms with E-state index in [0.29, 0.717) is 6.54 Å². The Hall–Kier alpha value is -1.23. The van der Waals surface area contributed by atoms with Gasteiger partial charge in [-0.3, -0.25) is 0 Å². The van der Waals surface area contributed by atoms with Gasteiger partial charge in [-0.1, -0.05) is 22.0 Å². The van der Waals surface area contributed by atoms with Crippen molar-refractivity contribution in [1.29, 1.82) is 0 Å². The third-order valence-corrected chi connectivity index (χ3v) is 2.66. The first kappa shape index (κ1) is 12.8. The molecule has 0 aliphatic carbocycles. The molecule has 16 heavy (non-hydrogen) atoms. The predicted octanol–water partition coefficient (Wildman–Crippen LogP) is 2.06. The van der Waals surface area contributed by atoms with Gasteiger partial charge < -0.3 is 15.8 Å². The van der Waals surface area contributed by atoms with Crippen LogP contribution in [0.25, 0.3) is 0 Å². The maximum absolute atomic E-state index is 10.5. The minimum Gasteiger partial charge on any atom is -0.496 e. The Morgan fingerprint density at radius 2 is 2.31 bits per heavy atom. The van der Waals surface area contributed by atoms with Crippen molar-refractivity contribution in [2.75, 3.05) is 13.7 Å². The molecule has 0 unspecified atom stereocenters. The molecule has 0 heterocycles. The molecule has 0 bridgehead atoms. The van der Waals surface area contributed by atoms with Crippen molar-refractivity contribution in [3.8, 4) is 5.75 Å². The second-order valence-corrected chi connectivity index (χ2v) is 4.27. The van der Waals surface area contributed by atoms with Crippen molar-refractivity contribution in [3.05, 3.63) is 28.2 Å². The molecule has 0 aromatic heterocycles. The number of amides is 2. The Balaban J connectivity index is 2.50. The van der Waals surface area contributed by atoms with E-state index in [1.807, 2.05) is 18.2 Å². The maximum Gasteiger partial charge on any atom is 0.312 e. The summed E-state index contributed by atoms with van der Waals surface area (Å²) in [7, 11) is 1.65. The van der Waals surface area contributed by atoms with Gasteiger partial charge in [0.15, 0.2) is 0 Å². The minimum atomic E-state index is -0.484. The molecule has 5 heteroatoms. The third kappa shape index (κ3) is 4.10. The molecule has 4 nitrogen and oxygen atoms in total. The van der Waals surface area contributed by atoms with Gasteiger partial charge in [0.05, 0.1) is 7.11 Å². The topological polar surface area (TPSA) is 64.3 Å². The molecule has 0 aliphatic rings. The number of benzene rings is 1. The normalized spacial score (nSPS) is 9.88. The second-order valence-electron chi connectivity index (χ2n) is 3.35. The van der Waals surface area contributed by atoms with Crippen LogP contribution in [0.3, 0.4) is 0 Å². The summed E-state index contributed by atoms with van der Waals surface area (Å²) in [6.07, 6.45) is 1.68. The predicted molar refractivity (Wildman–Crippen MR) is 66.6 cm³/mol. The highest BCUT2D eigenvalue weighted by Gasteiger charge is 2.03. The molecule has 3 N–H and O–H groups in total. The van der Waals surface area contributed by atoms with Crippen molar-refractivity contribution in [3.63, 3.8) is 0 Å². The zero-order chi connectivity index (χ0) is 12.0. The lowest BCUT2D eigenvalue weighted by Crippen LogP contribution is -2.30. The fourth-order valence-electron chi connectivity index (χ4n) is 1.42. The number of hydrogen-bond donors (Lipinski definition) is 2. The summed E-state index contributed by atoms with van der Waals surface area (Å²) in [6, 6.07) is 5.42. The molecule has 1 aromatic carbocycles. The monoisotopic (exact) mass is 286 g/mol. The first-order chi connectivity index (χ1) is 7.63. The van der Waals surface area contributed by atoms with Crippen LogP contribution in [-0.4, -0.2) is 19.7 Å². The van der Waals surface area contributed by atoms with E-state index in [1.165, 1.54) is 0 Å². The second kappa shape index (κ2) is 6.37. The van der Waals surface area contributed by atoms with E-state index in [0.717, 1.165) is 28.6 Å². The van der Waals surface area contributed by atoms with Gasteiger partial charge in [0.25, 0.3) is 0 Å². The van der Waals surface area contributed by atoms with Gasteiger partial charge in [-0.2, -0.15) is 0 Å². The number of halogens is 1. The van der Waals surface area contributed by atoms with Crippen LogP contribution < -0.4 is 15.8 Å². The quantitative estimate of drug-likeness (QED) is 0.814. The molecule has 0 saturated carbocycles. The zero-order valence-electron chi connectivity index (χ0n) is 9.13. The highest BCUT2D eigenvalue weighted by Crippen LogP contribution is 2.24. The average molecular weight is 287 g/mol. The number of nitrogens with one attached hydrogen (secondary N) is 1.